The number of hydrogen-bond donors (Lipinski definition) is 2. The van der Waals surface area contributed by atoms with E-state index in [1.807, 2.05) is 7.05 Å². The van der Waals surface area contributed by atoms with Crippen molar-refractivity contribution in [1.82, 2.24) is 15.5 Å². The number of piperazine rings is 1. The van der Waals surface area contributed by atoms with Crippen LogP contribution < -0.4 is 15.5 Å². The SMILES string of the molecule is CN=C(NCCCOCC1CCCO1)NCCN1CCN(c2cccc(C)c2C)CC1. The molecule has 2 N–H and O–H groups in total. The van der Waals surface area contributed by atoms with E-state index in [-0.39, 0.29) is 0 Å². The van der Waals surface area contributed by atoms with E-state index in [4.69, 9.17) is 9.47 Å². The lowest BCUT2D eigenvalue weighted by Gasteiger charge is -2.37. The maximum absolute atomic E-state index is 5.71. The van der Waals surface area contributed by atoms with Crippen LogP contribution in [0.1, 0.15) is 30.4 Å². The van der Waals surface area contributed by atoms with Crippen molar-refractivity contribution in [2.75, 3.05) is 77.6 Å². The number of anilines is 1. The Hall–Kier alpha value is -1.83. The van der Waals surface area contributed by atoms with Gasteiger partial charge in [0, 0.05) is 71.8 Å². The van der Waals surface area contributed by atoms with Gasteiger partial charge in [-0.1, -0.05) is 12.1 Å². The Morgan fingerprint density at radius 1 is 1.16 bits per heavy atom. The highest BCUT2D eigenvalue weighted by Crippen LogP contribution is 2.23. The van der Waals surface area contributed by atoms with Crippen LogP contribution in [-0.2, 0) is 9.47 Å². The number of guanidine groups is 1. The van der Waals surface area contributed by atoms with Crippen molar-refractivity contribution in [2.24, 2.45) is 4.99 Å². The van der Waals surface area contributed by atoms with E-state index in [2.05, 4.69) is 57.5 Å². The molecule has 1 aromatic rings. The first kappa shape index (κ1) is 23.8. The minimum Gasteiger partial charge on any atom is -0.379 e. The predicted molar refractivity (Wildman–Crippen MR) is 128 cm³/mol. The van der Waals surface area contributed by atoms with Crippen molar-refractivity contribution < 1.29 is 9.47 Å². The molecule has 1 unspecified atom stereocenters. The zero-order valence-corrected chi connectivity index (χ0v) is 19.7. The third kappa shape index (κ3) is 7.66. The molecule has 31 heavy (non-hydrogen) atoms. The van der Waals surface area contributed by atoms with Crippen molar-refractivity contribution >= 4 is 11.6 Å². The van der Waals surface area contributed by atoms with Crippen LogP contribution >= 0.6 is 0 Å². The molecule has 7 nitrogen and oxygen atoms in total. The number of nitrogens with zero attached hydrogens (tertiary/aromatic N) is 3. The van der Waals surface area contributed by atoms with Gasteiger partial charge in [0.2, 0.25) is 0 Å². The number of nitrogens with one attached hydrogen (secondary N) is 2. The summed E-state index contributed by atoms with van der Waals surface area (Å²) in [4.78, 5) is 9.38. The molecule has 7 heteroatoms. The molecule has 2 fully saturated rings. The number of hydrogen-bond acceptors (Lipinski definition) is 5. The van der Waals surface area contributed by atoms with Crippen molar-refractivity contribution in [3.8, 4) is 0 Å². The van der Waals surface area contributed by atoms with Gasteiger partial charge in [0.1, 0.15) is 0 Å². The maximum Gasteiger partial charge on any atom is 0.191 e. The largest absolute Gasteiger partial charge is 0.379 e. The number of benzene rings is 1. The normalized spacial score (nSPS) is 20.3. The van der Waals surface area contributed by atoms with E-state index in [9.17, 15) is 0 Å². The van der Waals surface area contributed by atoms with Crippen molar-refractivity contribution in [3.05, 3.63) is 29.3 Å². The maximum atomic E-state index is 5.71. The minimum atomic E-state index is 0.310. The summed E-state index contributed by atoms with van der Waals surface area (Å²) in [6, 6.07) is 6.62. The van der Waals surface area contributed by atoms with Gasteiger partial charge in [-0.3, -0.25) is 9.89 Å². The molecule has 0 bridgehead atoms. The number of aryl methyl sites for hydroxylation is 1. The lowest BCUT2D eigenvalue weighted by atomic mass is 10.1. The summed E-state index contributed by atoms with van der Waals surface area (Å²) in [5.74, 6) is 0.869. The zero-order valence-electron chi connectivity index (χ0n) is 19.7. The van der Waals surface area contributed by atoms with Crippen molar-refractivity contribution in [2.45, 2.75) is 39.2 Å². The third-order valence-electron chi connectivity index (χ3n) is 6.32. The van der Waals surface area contributed by atoms with Crippen LogP contribution in [0.15, 0.2) is 23.2 Å². The Morgan fingerprint density at radius 2 is 1.97 bits per heavy atom. The Labute approximate surface area is 188 Å². The van der Waals surface area contributed by atoms with Gasteiger partial charge in [-0.2, -0.15) is 0 Å². The monoisotopic (exact) mass is 431 g/mol. The molecule has 0 spiro atoms. The standard InChI is InChI=1S/C24H41N5O2/c1-20-7-4-9-23(21(20)2)29-15-13-28(14-16-29)12-11-27-24(25-3)26-10-6-17-30-19-22-8-5-18-31-22/h4,7,9,22H,5-6,8,10-19H2,1-3H3,(H2,25,26,27). The average Bonchev–Trinajstić information content (AvgIpc) is 3.31. The van der Waals surface area contributed by atoms with Gasteiger partial charge < -0.3 is 25.0 Å². The lowest BCUT2D eigenvalue weighted by Crippen LogP contribution is -2.49. The van der Waals surface area contributed by atoms with E-state index in [1.165, 1.54) is 23.2 Å². The van der Waals surface area contributed by atoms with Crippen LogP contribution in [0.2, 0.25) is 0 Å². The smallest absolute Gasteiger partial charge is 0.191 e. The molecule has 3 rings (SSSR count). The molecule has 1 atom stereocenters. The third-order valence-corrected chi connectivity index (χ3v) is 6.32. The van der Waals surface area contributed by atoms with Gasteiger partial charge in [-0.15, -0.1) is 0 Å². The molecule has 0 radical (unpaired) electrons. The second kappa shape index (κ2) is 12.9. The van der Waals surface area contributed by atoms with Crippen LogP contribution in [0.3, 0.4) is 0 Å². The highest BCUT2D eigenvalue weighted by atomic mass is 16.5. The second-order valence-corrected chi connectivity index (χ2v) is 8.54. The summed E-state index contributed by atoms with van der Waals surface area (Å²) in [6.07, 6.45) is 3.58. The highest BCUT2D eigenvalue weighted by Gasteiger charge is 2.18. The molecular formula is C24H41N5O2. The first-order chi connectivity index (χ1) is 15.2. The minimum absolute atomic E-state index is 0.310. The quantitative estimate of drug-likeness (QED) is 0.336. The lowest BCUT2D eigenvalue weighted by molar-refractivity contribution is 0.0168. The van der Waals surface area contributed by atoms with Crippen LogP contribution in [0, 0.1) is 13.8 Å². The van der Waals surface area contributed by atoms with Crippen LogP contribution in [0.4, 0.5) is 5.69 Å². The van der Waals surface area contributed by atoms with Crippen LogP contribution in [-0.4, -0.2) is 89.6 Å². The first-order valence-corrected chi connectivity index (χ1v) is 11.8. The Bertz CT molecular complexity index is 683. The summed E-state index contributed by atoms with van der Waals surface area (Å²) in [5.41, 5.74) is 4.17. The number of ether oxygens (including phenoxy) is 2. The molecular weight excluding hydrogens is 390 g/mol. The van der Waals surface area contributed by atoms with Gasteiger partial charge >= 0.3 is 0 Å². The molecule has 0 aliphatic carbocycles. The van der Waals surface area contributed by atoms with Crippen molar-refractivity contribution in [3.63, 3.8) is 0 Å². The predicted octanol–water partition coefficient (Wildman–Crippen LogP) is 2.18. The van der Waals surface area contributed by atoms with E-state index in [0.717, 1.165) is 84.4 Å². The average molecular weight is 432 g/mol. The molecule has 2 aliphatic rings. The molecule has 2 saturated heterocycles. The van der Waals surface area contributed by atoms with Crippen LogP contribution in [0.25, 0.3) is 0 Å². The molecule has 2 aliphatic heterocycles. The van der Waals surface area contributed by atoms with E-state index < -0.39 is 0 Å². The zero-order chi connectivity index (χ0) is 21.9. The molecule has 0 amide bonds. The topological polar surface area (TPSA) is 61.4 Å². The molecule has 0 aromatic heterocycles. The number of rotatable bonds is 10. The molecule has 0 saturated carbocycles. The summed E-state index contributed by atoms with van der Waals surface area (Å²) in [6.45, 7) is 14.0. The Kier molecular flexibility index (Phi) is 9.90. The van der Waals surface area contributed by atoms with Crippen LogP contribution in [0.5, 0.6) is 0 Å². The van der Waals surface area contributed by atoms with Crippen molar-refractivity contribution in [1.29, 1.82) is 0 Å². The Balaban J connectivity index is 1.24. The fourth-order valence-corrected chi connectivity index (χ4v) is 4.22. The van der Waals surface area contributed by atoms with E-state index >= 15 is 0 Å². The van der Waals surface area contributed by atoms with Gasteiger partial charge in [0.25, 0.3) is 0 Å². The second-order valence-electron chi connectivity index (χ2n) is 8.54. The van der Waals surface area contributed by atoms with E-state index in [0.29, 0.717) is 6.10 Å². The van der Waals surface area contributed by atoms with Gasteiger partial charge in [0.15, 0.2) is 5.96 Å². The number of aliphatic imine (C=N–C) groups is 1. The molecule has 174 valence electrons. The van der Waals surface area contributed by atoms with Gasteiger partial charge in [-0.05, 0) is 50.3 Å². The Morgan fingerprint density at radius 3 is 2.71 bits per heavy atom. The fraction of sp³-hybridized carbons (Fsp3) is 0.708. The van der Waals surface area contributed by atoms with Gasteiger partial charge in [0.05, 0.1) is 12.7 Å². The highest BCUT2D eigenvalue weighted by molar-refractivity contribution is 5.79. The summed E-state index contributed by atoms with van der Waals surface area (Å²) >= 11 is 0. The molecule has 2 heterocycles. The fourth-order valence-electron chi connectivity index (χ4n) is 4.22. The molecule has 1 aromatic carbocycles. The summed E-state index contributed by atoms with van der Waals surface area (Å²) < 4.78 is 11.3. The first-order valence-electron chi connectivity index (χ1n) is 11.8. The summed E-state index contributed by atoms with van der Waals surface area (Å²) in [7, 11) is 1.83. The van der Waals surface area contributed by atoms with E-state index in [1.54, 1.807) is 0 Å². The summed E-state index contributed by atoms with van der Waals surface area (Å²) in [5, 5.41) is 6.81. The van der Waals surface area contributed by atoms with Gasteiger partial charge in [-0.25, -0.2) is 0 Å².